The number of rotatable bonds is 3. The van der Waals surface area contributed by atoms with E-state index >= 15 is 0 Å². The Morgan fingerprint density at radius 1 is 0.880 bits per heavy atom. The maximum absolute atomic E-state index is 12.7. The van der Waals surface area contributed by atoms with Crippen molar-refractivity contribution >= 4 is 11.9 Å². The highest BCUT2D eigenvalue weighted by Crippen LogP contribution is 2.28. The van der Waals surface area contributed by atoms with Gasteiger partial charge in [-0.2, -0.15) is 0 Å². The number of likely N-dealkylation sites (tertiary alicyclic amines) is 2. The molecule has 2 saturated heterocycles. The van der Waals surface area contributed by atoms with Crippen molar-refractivity contribution in [3.63, 3.8) is 0 Å². The molecular weight excluding hydrogens is 314 g/mol. The highest BCUT2D eigenvalue weighted by atomic mass is 16.2. The first-order valence-corrected chi connectivity index (χ1v) is 10.4. The average Bonchev–Trinajstić information content (AvgIpc) is 3.17. The predicted octanol–water partition coefficient (Wildman–Crippen LogP) is 3.25. The second-order valence-corrected chi connectivity index (χ2v) is 8.55. The molecule has 0 radical (unpaired) electrons. The summed E-state index contributed by atoms with van der Waals surface area (Å²) in [5, 5.41) is 3.20. The highest BCUT2D eigenvalue weighted by molar-refractivity contribution is 5.80. The quantitative estimate of drug-likeness (QED) is 0.850. The molecule has 5 heteroatoms. The van der Waals surface area contributed by atoms with Gasteiger partial charge in [0.05, 0.1) is 0 Å². The van der Waals surface area contributed by atoms with Crippen LogP contribution in [0, 0.1) is 17.8 Å². The summed E-state index contributed by atoms with van der Waals surface area (Å²) >= 11 is 0. The lowest BCUT2D eigenvalue weighted by atomic mass is 9.93. The first-order chi connectivity index (χ1) is 12.0. The van der Waals surface area contributed by atoms with Gasteiger partial charge < -0.3 is 15.1 Å². The van der Waals surface area contributed by atoms with Crippen molar-refractivity contribution in [2.24, 2.45) is 17.8 Å². The number of carbonyl (C=O) groups excluding carboxylic acids is 2. The molecule has 1 N–H and O–H groups in total. The van der Waals surface area contributed by atoms with Crippen LogP contribution < -0.4 is 5.32 Å². The number of nitrogens with zero attached hydrogens (tertiary/aromatic N) is 2. The Morgan fingerprint density at radius 3 is 2.04 bits per heavy atom. The molecule has 3 amide bonds. The molecule has 3 fully saturated rings. The summed E-state index contributed by atoms with van der Waals surface area (Å²) in [4.78, 5) is 29.2. The van der Waals surface area contributed by atoms with Crippen LogP contribution in [0.1, 0.15) is 65.2 Å². The lowest BCUT2D eigenvalue weighted by Crippen LogP contribution is -2.50. The normalized spacial score (nSPS) is 25.2. The lowest BCUT2D eigenvalue weighted by Gasteiger charge is -2.37. The van der Waals surface area contributed by atoms with Crippen molar-refractivity contribution < 1.29 is 9.59 Å². The first kappa shape index (κ1) is 18.5. The zero-order chi connectivity index (χ0) is 17.8. The molecule has 25 heavy (non-hydrogen) atoms. The van der Waals surface area contributed by atoms with Crippen molar-refractivity contribution in [2.45, 2.75) is 71.3 Å². The van der Waals surface area contributed by atoms with Crippen molar-refractivity contribution in [3.8, 4) is 0 Å². The van der Waals surface area contributed by atoms with Crippen molar-refractivity contribution in [1.82, 2.24) is 15.1 Å². The monoisotopic (exact) mass is 349 g/mol. The Bertz CT molecular complexity index is 460. The standard InChI is InChI=1S/C20H35N3O2/c1-15-7-11-22(12-8-15)19(24)18-9-13-23(14-10-18)20(25)21-16(2)17-5-3-4-6-17/h15-18H,3-14H2,1-2H3,(H,21,25)/t16-/m1/s1. The summed E-state index contributed by atoms with van der Waals surface area (Å²) in [6.45, 7) is 7.67. The van der Waals surface area contributed by atoms with Gasteiger partial charge in [0.1, 0.15) is 0 Å². The minimum Gasteiger partial charge on any atom is -0.342 e. The molecule has 3 aliphatic rings. The van der Waals surface area contributed by atoms with E-state index < -0.39 is 0 Å². The van der Waals surface area contributed by atoms with Crippen LogP contribution in [-0.2, 0) is 4.79 Å². The fraction of sp³-hybridized carbons (Fsp3) is 0.900. The number of hydrogen-bond donors (Lipinski definition) is 1. The summed E-state index contributed by atoms with van der Waals surface area (Å²) in [7, 11) is 0. The van der Waals surface area contributed by atoms with E-state index in [1.54, 1.807) is 0 Å². The van der Waals surface area contributed by atoms with Gasteiger partial charge in [-0.15, -0.1) is 0 Å². The molecule has 0 aromatic rings. The molecule has 1 aliphatic carbocycles. The van der Waals surface area contributed by atoms with E-state index in [1.165, 1.54) is 25.7 Å². The SMILES string of the molecule is CC1CCN(C(=O)C2CCN(C(=O)N[C@H](C)C3CCCC3)CC2)CC1. The number of piperidine rings is 2. The maximum atomic E-state index is 12.7. The largest absolute Gasteiger partial charge is 0.342 e. The van der Waals surface area contributed by atoms with E-state index in [2.05, 4.69) is 24.1 Å². The van der Waals surface area contributed by atoms with Gasteiger partial charge in [0, 0.05) is 38.1 Å². The van der Waals surface area contributed by atoms with Crippen molar-refractivity contribution in [1.29, 1.82) is 0 Å². The number of amides is 3. The van der Waals surface area contributed by atoms with Crippen LogP contribution in [0.15, 0.2) is 0 Å². The van der Waals surface area contributed by atoms with E-state index in [1.807, 2.05) is 4.90 Å². The Balaban J connectivity index is 1.41. The molecule has 2 aliphatic heterocycles. The van der Waals surface area contributed by atoms with Crippen LogP contribution in [0.5, 0.6) is 0 Å². The molecule has 0 aromatic heterocycles. The van der Waals surface area contributed by atoms with Crippen molar-refractivity contribution in [2.75, 3.05) is 26.2 Å². The van der Waals surface area contributed by atoms with E-state index in [-0.39, 0.29) is 18.0 Å². The molecule has 142 valence electrons. The maximum Gasteiger partial charge on any atom is 0.317 e. The van der Waals surface area contributed by atoms with Gasteiger partial charge in [0.15, 0.2) is 0 Å². The molecule has 0 spiro atoms. The Morgan fingerprint density at radius 2 is 1.44 bits per heavy atom. The van der Waals surface area contributed by atoms with Crippen LogP contribution >= 0.6 is 0 Å². The summed E-state index contributed by atoms with van der Waals surface area (Å²) in [5.41, 5.74) is 0. The molecule has 0 unspecified atom stereocenters. The summed E-state index contributed by atoms with van der Waals surface area (Å²) < 4.78 is 0. The van der Waals surface area contributed by atoms with E-state index in [0.29, 0.717) is 24.9 Å². The van der Waals surface area contributed by atoms with Gasteiger partial charge in [-0.1, -0.05) is 19.8 Å². The zero-order valence-corrected chi connectivity index (χ0v) is 16.0. The third-order valence-electron chi connectivity index (χ3n) is 6.68. The van der Waals surface area contributed by atoms with Crippen LogP contribution in [0.2, 0.25) is 0 Å². The second-order valence-electron chi connectivity index (χ2n) is 8.55. The average molecular weight is 350 g/mol. The molecule has 0 bridgehead atoms. The second kappa shape index (κ2) is 8.41. The minimum atomic E-state index is 0.0668. The van der Waals surface area contributed by atoms with Gasteiger partial charge in [-0.3, -0.25) is 4.79 Å². The van der Waals surface area contributed by atoms with Crippen molar-refractivity contribution in [3.05, 3.63) is 0 Å². The lowest BCUT2D eigenvalue weighted by molar-refractivity contribution is -0.138. The Labute approximate surface area is 152 Å². The first-order valence-electron chi connectivity index (χ1n) is 10.4. The van der Waals surface area contributed by atoms with Gasteiger partial charge in [0.25, 0.3) is 0 Å². The molecule has 0 aromatic carbocycles. The van der Waals surface area contributed by atoms with Gasteiger partial charge >= 0.3 is 6.03 Å². The number of hydrogen-bond acceptors (Lipinski definition) is 2. The van der Waals surface area contributed by atoms with Crippen LogP contribution in [0.4, 0.5) is 4.79 Å². The topological polar surface area (TPSA) is 52.7 Å². The minimum absolute atomic E-state index is 0.0668. The highest BCUT2D eigenvalue weighted by Gasteiger charge is 2.32. The third kappa shape index (κ3) is 4.68. The summed E-state index contributed by atoms with van der Waals surface area (Å²) in [5.74, 6) is 1.83. The van der Waals surface area contributed by atoms with Gasteiger partial charge in [-0.05, 0) is 57.3 Å². The Hall–Kier alpha value is -1.26. The fourth-order valence-electron chi connectivity index (χ4n) is 4.68. The van der Waals surface area contributed by atoms with Crippen LogP contribution in [0.3, 0.4) is 0 Å². The summed E-state index contributed by atoms with van der Waals surface area (Å²) in [6, 6.07) is 0.335. The van der Waals surface area contributed by atoms with Gasteiger partial charge in [0.2, 0.25) is 5.91 Å². The molecular formula is C20H35N3O2. The smallest absolute Gasteiger partial charge is 0.317 e. The molecule has 5 nitrogen and oxygen atoms in total. The number of nitrogens with one attached hydrogen (secondary N) is 1. The third-order valence-corrected chi connectivity index (χ3v) is 6.68. The van der Waals surface area contributed by atoms with Crippen LogP contribution in [-0.4, -0.2) is 54.0 Å². The van der Waals surface area contributed by atoms with Gasteiger partial charge in [-0.25, -0.2) is 4.79 Å². The fourth-order valence-corrected chi connectivity index (χ4v) is 4.68. The Kier molecular flexibility index (Phi) is 6.24. The van der Waals surface area contributed by atoms with E-state index in [0.717, 1.165) is 44.7 Å². The van der Waals surface area contributed by atoms with E-state index in [9.17, 15) is 9.59 Å². The molecule has 1 saturated carbocycles. The zero-order valence-electron chi connectivity index (χ0n) is 16.0. The summed E-state index contributed by atoms with van der Waals surface area (Å²) in [6.07, 6.45) is 8.98. The van der Waals surface area contributed by atoms with E-state index in [4.69, 9.17) is 0 Å². The predicted molar refractivity (Wildman–Crippen MR) is 99.2 cm³/mol. The molecule has 1 atom stereocenters. The molecule has 3 rings (SSSR count). The molecule has 2 heterocycles. The number of urea groups is 1. The van der Waals surface area contributed by atoms with Crippen LogP contribution in [0.25, 0.3) is 0 Å². The number of carbonyl (C=O) groups is 2.